The minimum Gasteiger partial charge on any atom is -0.497 e. The first-order valence-electron chi connectivity index (χ1n) is 8.41. The van der Waals surface area contributed by atoms with Gasteiger partial charge < -0.3 is 20.3 Å². The molecule has 2 atom stereocenters. The Labute approximate surface area is 159 Å². The van der Waals surface area contributed by atoms with E-state index in [0.29, 0.717) is 5.69 Å². The van der Waals surface area contributed by atoms with Crippen LogP contribution in [0.5, 0.6) is 5.75 Å². The van der Waals surface area contributed by atoms with Gasteiger partial charge in [-0.05, 0) is 24.3 Å². The average Bonchev–Trinajstić information content (AvgIpc) is 2.91. The largest absolute Gasteiger partial charge is 0.497 e. The number of urea groups is 1. The maximum absolute atomic E-state index is 14.5. The molecule has 9 heteroatoms. The quantitative estimate of drug-likeness (QED) is 0.839. The summed E-state index contributed by atoms with van der Waals surface area (Å²) in [4.78, 5) is 26.0. The molecule has 2 unspecified atom stereocenters. The van der Waals surface area contributed by atoms with Crippen molar-refractivity contribution in [2.75, 3.05) is 26.0 Å². The fraction of sp³-hybridized carbons (Fsp3) is 0.263. The van der Waals surface area contributed by atoms with Crippen LogP contribution in [0.3, 0.4) is 0 Å². The Balaban J connectivity index is 1.83. The number of nitrogens with one attached hydrogen (secondary N) is 2. The third-order valence-corrected chi connectivity index (χ3v) is 4.56. The van der Waals surface area contributed by atoms with Gasteiger partial charge in [0.2, 0.25) is 5.91 Å². The van der Waals surface area contributed by atoms with Gasteiger partial charge in [0.15, 0.2) is 0 Å². The molecule has 28 heavy (non-hydrogen) atoms. The van der Waals surface area contributed by atoms with Crippen LogP contribution in [0.25, 0.3) is 0 Å². The zero-order valence-electron chi connectivity index (χ0n) is 15.1. The summed E-state index contributed by atoms with van der Waals surface area (Å²) in [5.41, 5.74) is 0.00152. The summed E-state index contributed by atoms with van der Waals surface area (Å²) in [5, 5.41) is 4.91. The van der Waals surface area contributed by atoms with Crippen molar-refractivity contribution in [2.24, 2.45) is 0 Å². The van der Waals surface area contributed by atoms with Crippen molar-refractivity contribution in [1.82, 2.24) is 10.2 Å². The van der Waals surface area contributed by atoms with Crippen LogP contribution in [0.1, 0.15) is 11.5 Å². The second kappa shape index (κ2) is 7.79. The number of ether oxygens (including phenoxy) is 1. The first kappa shape index (κ1) is 19.5. The molecule has 148 valence electrons. The van der Waals surface area contributed by atoms with Crippen molar-refractivity contribution in [2.45, 2.75) is 12.0 Å². The third kappa shape index (κ3) is 3.88. The van der Waals surface area contributed by atoms with Crippen molar-refractivity contribution in [1.29, 1.82) is 0 Å². The number of likely N-dealkylation sites (tertiary alicyclic amines) is 1. The van der Waals surface area contributed by atoms with Crippen molar-refractivity contribution >= 4 is 17.6 Å². The molecule has 1 saturated heterocycles. The third-order valence-electron chi connectivity index (χ3n) is 4.56. The lowest BCUT2D eigenvalue weighted by atomic mass is 9.93. The Morgan fingerprint density at radius 2 is 1.75 bits per heavy atom. The molecule has 2 N–H and O–H groups in total. The number of nitrogens with zero attached hydrogens (tertiary/aromatic N) is 1. The number of carbonyl (C=O) groups is 2. The number of halogens is 3. The molecule has 0 radical (unpaired) electrons. The van der Waals surface area contributed by atoms with Gasteiger partial charge in [0.1, 0.15) is 29.2 Å². The Kier molecular flexibility index (Phi) is 5.43. The Morgan fingerprint density at radius 1 is 1.14 bits per heavy atom. The van der Waals surface area contributed by atoms with Crippen LogP contribution in [-0.4, -0.2) is 43.6 Å². The first-order valence-corrected chi connectivity index (χ1v) is 8.41. The topological polar surface area (TPSA) is 70.7 Å². The molecule has 6 nitrogen and oxygen atoms in total. The Hall–Kier alpha value is -3.23. The van der Waals surface area contributed by atoms with Crippen LogP contribution in [0, 0.1) is 17.5 Å². The minimum atomic E-state index is -1.16. The van der Waals surface area contributed by atoms with E-state index in [4.69, 9.17) is 4.74 Å². The molecule has 3 rings (SSSR count). The standard InChI is InChI=1S/C19H18F3N3O3/c1-25-9-13(16-14(21)7-12(28-2)8-15(16)22)17(18(25)26)24-19(27)23-11-5-3-10(20)4-6-11/h3-8,13,17H,9H2,1-2H3,(H2,23,24,27). The molecule has 0 aliphatic carbocycles. The molecule has 0 saturated carbocycles. The van der Waals surface area contributed by atoms with Crippen LogP contribution < -0.4 is 15.4 Å². The summed E-state index contributed by atoms with van der Waals surface area (Å²) in [6, 6.07) is 5.15. The van der Waals surface area contributed by atoms with Gasteiger partial charge in [0, 0.05) is 42.9 Å². The summed E-state index contributed by atoms with van der Waals surface area (Å²) >= 11 is 0. The molecule has 1 aliphatic rings. The summed E-state index contributed by atoms with van der Waals surface area (Å²) < 4.78 is 46.8. The van der Waals surface area contributed by atoms with E-state index in [1.54, 1.807) is 0 Å². The molecule has 1 fully saturated rings. The normalized spacial score (nSPS) is 18.9. The maximum atomic E-state index is 14.5. The number of amides is 3. The maximum Gasteiger partial charge on any atom is 0.319 e. The van der Waals surface area contributed by atoms with Gasteiger partial charge in [0.25, 0.3) is 0 Å². The van der Waals surface area contributed by atoms with Crippen LogP contribution in [0.2, 0.25) is 0 Å². The number of hydrogen-bond donors (Lipinski definition) is 2. The SMILES string of the molecule is COc1cc(F)c(C2CN(C)C(=O)C2NC(=O)Nc2ccc(F)cc2)c(F)c1. The number of hydrogen-bond acceptors (Lipinski definition) is 3. The van der Waals surface area contributed by atoms with Gasteiger partial charge in [-0.15, -0.1) is 0 Å². The van der Waals surface area contributed by atoms with Gasteiger partial charge in [-0.2, -0.15) is 0 Å². The van der Waals surface area contributed by atoms with E-state index in [1.165, 1.54) is 31.2 Å². The molecule has 2 aromatic rings. The Bertz CT molecular complexity index is 882. The zero-order valence-corrected chi connectivity index (χ0v) is 15.1. The molecular weight excluding hydrogens is 375 g/mol. The van der Waals surface area contributed by atoms with E-state index in [1.807, 2.05) is 0 Å². The van der Waals surface area contributed by atoms with E-state index >= 15 is 0 Å². The summed E-state index contributed by atoms with van der Waals surface area (Å²) in [5.74, 6) is -3.60. The van der Waals surface area contributed by atoms with E-state index in [9.17, 15) is 22.8 Å². The van der Waals surface area contributed by atoms with Crippen LogP contribution in [0.4, 0.5) is 23.7 Å². The van der Waals surface area contributed by atoms with E-state index in [0.717, 1.165) is 24.3 Å². The molecule has 0 spiro atoms. The van der Waals surface area contributed by atoms with E-state index < -0.39 is 41.3 Å². The van der Waals surface area contributed by atoms with Crippen LogP contribution in [0.15, 0.2) is 36.4 Å². The zero-order chi connectivity index (χ0) is 20.4. The van der Waals surface area contributed by atoms with Crippen molar-refractivity contribution < 1.29 is 27.5 Å². The van der Waals surface area contributed by atoms with Crippen molar-refractivity contribution in [3.8, 4) is 5.75 Å². The monoisotopic (exact) mass is 393 g/mol. The van der Waals surface area contributed by atoms with Gasteiger partial charge in [-0.3, -0.25) is 4.79 Å². The van der Waals surface area contributed by atoms with Crippen molar-refractivity contribution in [3.63, 3.8) is 0 Å². The predicted octanol–water partition coefficient (Wildman–Crippen LogP) is 2.86. The molecule has 1 heterocycles. The van der Waals surface area contributed by atoms with Crippen molar-refractivity contribution in [3.05, 3.63) is 59.4 Å². The van der Waals surface area contributed by atoms with Gasteiger partial charge in [-0.25, -0.2) is 18.0 Å². The lowest BCUT2D eigenvalue weighted by molar-refractivity contribution is -0.128. The molecular formula is C19H18F3N3O3. The molecule has 0 aromatic heterocycles. The summed E-state index contributed by atoms with van der Waals surface area (Å²) in [6.45, 7) is 0.0283. The van der Waals surface area contributed by atoms with E-state index in [-0.39, 0.29) is 17.9 Å². The fourth-order valence-electron chi connectivity index (χ4n) is 3.20. The molecule has 0 bridgehead atoms. The highest BCUT2D eigenvalue weighted by Crippen LogP contribution is 2.33. The smallest absolute Gasteiger partial charge is 0.319 e. The van der Waals surface area contributed by atoms with Crippen LogP contribution in [-0.2, 0) is 4.79 Å². The number of carbonyl (C=O) groups excluding carboxylic acids is 2. The number of rotatable bonds is 4. The van der Waals surface area contributed by atoms with Gasteiger partial charge in [0.05, 0.1) is 7.11 Å². The van der Waals surface area contributed by atoms with E-state index in [2.05, 4.69) is 10.6 Å². The second-order valence-corrected chi connectivity index (χ2v) is 6.41. The lowest BCUT2D eigenvalue weighted by Gasteiger charge is -2.20. The molecule has 2 aromatic carbocycles. The number of methoxy groups -OCH3 is 1. The lowest BCUT2D eigenvalue weighted by Crippen LogP contribution is -2.45. The van der Waals surface area contributed by atoms with Gasteiger partial charge >= 0.3 is 6.03 Å². The van der Waals surface area contributed by atoms with Gasteiger partial charge in [-0.1, -0.05) is 0 Å². The number of benzene rings is 2. The number of likely N-dealkylation sites (N-methyl/N-ethyl adjacent to an activating group) is 1. The second-order valence-electron chi connectivity index (χ2n) is 6.41. The summed E-state index contributed by atoms with van der Waals surface area (Å²) in [7, 11) is 2.76. The predicted molar refractivity (Wildman–Crippen MR) is 95.6 cm³/mol. The minimum absolute atomic E-state index is 0.00925. The Morgan fingerprint density at radius 3 is 2.32 bits per heavy atom. The van der Waals surface area contributed by atoms with Crippen LogP contribution >= 0.6 is 0 Å². The number of anilines is 1. The molecule has 3 amide bonds. The fourth-order valence-corrected chi connectivity index (χ4v) is 3.20. The highest BCUT2D eigenvalue weighted by molar-refractivity contribution is 5.95. The summed E-state index contributed by atoms with van der Waals surface area (Å²) in [6.07, 6.45) is 0. The molecule has 1 aliphatic heterocycles. The highest BCUT2D eigenvalue weighted by atomic mass is 19.1. The average molecular weight is 393 g/mol. The first-order chi connectivity index (χ1) is 13.3. The highest BCUT2D eigenvalue weighted by Gasteiger charge is 2.43.